The van der Waals surface area contributed by atoms with E-state index in [0.29, 0.717) is 12.1 Å². The minimum Gasteiger partial charge on any atom is -0.311 e. The molecule has 2 aliphatic rings. The van der Waals surface area contributed by atoms with Crippen molar-refractivity contribution in [3.8, 4) is 0 Å². The van der Waals surface area contributed by atoms with E-state index in [2.05, 4.69) is 19.2 Å². The van der Waals surface area contributed by atoms with E-state index in [0.717, 1.165) is 36.2 Å². The van der Waals surface area contributed by atoms with Crippen LogP contribution in [-0.2, 0) is 10.8 Å². The fourth-order valence-corrected chi connectivity index (χ4v) is 4.33. The van der Waals surface area contributed by atoms with Gasteiger partial charge in [0.1, 0.15) is 0 Å². The first-order valence-corrected chi connectivity index (χ1v) is 8.25. The zero-order valence-electron chi connectivity index (χ0n) is 10.6. The highest BCUT2D eigenvalue weighted by molar-refractivity contribution is 7.85. The monoisotopic (exact) mass is 243 g/mol. The minimum absolute atomic E-state index is 0.523. The molecule has 0 aromatic carbocycles. The largest absolute Gasteiger partial charge is 0.311 e. The summed E-state index contributed by atoms with van der Waals surface area (Å²) in [6.45, 7) is 4.75. The summed E-state index contributed by atoms with van der Waals surface area (Å²) < 4.78 is 11.3. The van der Waals surface area contributed by atoms with Crippen LogP contribution in [0, 0.1) is 11.8 Å². The first-order chi connectivity index (χ1) is 7.65. The second-order valence-corrected chi connectivity index (χ2v) is 7.49. The molecule has 0 aromatic heterocycles. The fraction of sp³-hybridized carbons (Fsp3) is 1.00. The summed E-state index contributed by atoms with van der Waals surface area (Å²) in [7, 11) is -0.523. The smallest absolute Gasteiger partial charge is 0.0249 e. The molecule has 1 aliphatic carbocycles. The summed E-state index contributed by atoms with van der Waals surface area (Å²) in [5.74, 6) is 3.53. The maximum Gasteiger partial charge on any atom is 0.0249 e. The first kappa shape index (κ1) is 12.6. The lowest BCUT2D eigenvalue weighted by atomic mass is 9.79. The van der Waals surface area contributed by atoms with Gasteiger partial charge in [0.2, 0.25) is 0 Å². The lowest BCUT2D eigenvalue weighted by Gasteiger charge is -2.37. The van der Waals surface area contributed by atoms with Gasteiger partial charge in [0, 0.05) is 34.4 Å². The standard InChI is InChI=1S/C13H25NOS/c1-10-3-4-11(2)13(9-10)14-12-5-7-16(15)8-6-12/h10-14H,3-9H2,1-2H3. The number of nitrogens with one attached hydrogen (secondary N) is 1. The summed E-state index contributed by atoms with van der Waals surface area (Å²) in [5, 5.41) is 3.82. The topological polar surface area (TPSA) is 29.1 Å². The number of rotatable bonds is 2. The molecule has 16 heavy (non-hydrogen) atoms. The van der Waals surface area contributed by atoms with Gasteiger partial charge in [-0.05, 0) is 37.5 Å². The molecule has 1 saturated heterocycles. The second kappa shape index (κ2) is 5.63. The van der Waals surface area contributed by atoms with Gasteiger partial charge < -0.3 is 5.32 Å². The van der Waals surface area contributed by atoms with Gasteiger partial charge in [-0.3, -0.25) is 4.21 Å². The molecule has 3 atom stereocenters. The van der Waals surface area contributed by atoms with Crippen molar-refractivity contribution >= 4 is 10.8 Å². The molecule has 0 aromatic rings. The molecule has 1 saturated carbocycles. The zero-order valence-corrected chi connectivity index (χ0v) is 11.4. The van der Waals surface area contributed by atoms with E-state index in [1.54, 1.807) is 0 Å². The van der Waals surface area contributed by atoms with Crippen LogP contribution >= 0.6 is 0 Å². The minimum atomic E-state index is -0.523. The van der Waals surface area contributed by atoms with Crippen LogP contribution < -0.4 is 5.32 Å². The highest BCUT2D eigenvalue weighted by atomic mass is 32.2. The Balaban J connectivity index is 1.81. The van der Waals surface area contributed by atoms with Crippen LogP contribution in [0.5, 0.6) is 0 Å². The van der Waals surface area contributed by atoms with Crippen LogP contribution in [0.1, 0.15) is 46.0 Å². The predicted octanol–water partition coefficient (Wildman–Crippen LogP) is 2.31. The SMILES string of the molecule is CC1CCC(C)C(NC2CCS(=O)CC2)C1. The molecule has 0 radical (unpaired) electrons. The Morgan fingerprint density at radius 2 is 1.75 bits per heavy atom. The van der Waals surface area contributed by atoms with Crippen LogP contribution in [0.2, 0.25) is 0 Å². The molecule has 0 bridgehead atoms. The van der Waals surface area contributed by atoms with Gasteiger partial charge in [-0.2, -0.15) is 0 Å². The summed E-state index contributed by atoms with van der Waals surface area (Å²) >= 11 is 0. The highest BCUT2D eigenvalue weighted by Crippen LogP contribution is 2.29. The number of hydrogen-bond donors (Lipinski definition) is 1. The Bertz CT molecular complexity index is 246. The molecule has 3 unspecified atom stereocenters. The lowest BCUT2D eigenvalue weighted by Crippen LogP contribution is -2.47. The summed E-state index contributed by atoms with van der Waals surface area (Å²) in [6.07, 6.45) is 6.33. The molecule has 1 heterocycles. The van der Waals surface area contributed by atoms with Crippen molar-refractivity contribution in [2.75, 3.05) is 11.5 Å². The van der Waals surface area contributed by atoms with Gasteiger partial charge in [-0.25, -0.2) is 0 Å². The lowest BCUT2D eigenvalue weighted by molar-refractivity contribution is 0.209. The molecule has 2 rings (SSSR count). The third-order valence-corrected chi connectivity index (χ3v) is 5.68. The van der Waals surface area contributed by atoms with E-state index in [-0.39, 0.29) is 0 Å². The molecule has 1 aliphatic heterocycles. The van der Waals surface area contributed by atoms with Crippen molar-refractivity contribution < 1.29 is 4.21 Å². The van der Waals surface area contributed by atoms with Crippen LogP contribution in [-0.4, -0.2) is 27.8 Å². The Hall–Kier alpha value is 0.110. The van der Waals surface area contributed by atoms with E-state index in [1.807, 2.05) is 0 Å². The summed E-state index contributed by atoms with van der Waals surface area (Å²) in [4.78, 5) is 0. The van der Waals surface area contributed by atoms with E-state index >= 15 is 0 Å². The Kier molecular flexibility index (Phi) is 4.42. The van der Waals surface area contributed by atoms with Crippen LogP contribution in [0.25, 0.3) is 0 Å². The van der Waals surface area contributed by atoms with Gasteiger partial charge >= 0.3 is 0 Å². The summed E-state index contributed by atoms with van der Waals surface area (Å²) in [5.41, 5.74) is 0. The molecule has 2 nitrogen and oxygen atoms in total. The highest BCUT2D eigenvalue weighted by Gasteiger charge is 2.28. The Morgan fingerprint density at radius 3 is 2.44 bits per heavy atom. The molecular weight excluding hydrogens is 218 g/mol. The van der Waals surface area contributed by atoms with Crippen molar-refractivity contribution in [3.63, 3.8) is 0 Å². The normalized spacial score (nSPS) is 45.5. The van der Waals surface area contributed by atoms with Crippen LogP contribution in [0.4, 0.5) is 0 Å². The van der Waals surface area contributed by atoms with Crippen molar-refractivity contribution in [1.82, 2.24) is 5.32 Å². The van der Waals surface area contributed by atoms with Gasteiger partial charge in [0.05, 0.1) is 0 Å². The average Bonchev–Trinajstić information content (AvgIpc) is 2.27. The van der Waals surface area contributed by atoms with E-state index in [1.165, 1.54) is 19.3 Å². The molecule has 94 valence electrons. The molecule has 0 spiro atoms. The third-order valence-electron chi connectivity index (χ3n) is 4.30. The predicted molar refractivity (Wildman–Crippen MR) is 70.0 cm³/mol. The molecular formula is C13H25NOS. The van der Waals surface area contributed by atoms with Crippen molar-refractivity contribution in [2.24, 2.45) is 11.8 Å². The Morgan fingerprint density at radius 1 is 1.06 bits per heavy atom. The van der Waals surface area contributed by atoms with Crippen molar-refractivity contribution in [3.05, 3.63) is 0 Å². The van der Waals surface area contributed by atoms with Gasteiger partial charge in [0.15, 0.2) is 0 Å². The zero-order chi connectivity index (χ0) is 11.5. The maximum absolute atomic E-state index is 11.3. The average molecular weight is 243 g/mol. The van der Waals surface area contributed by atoms with Gasteiger partial charge in [-0.15, -0.1) is 0 Å². The van der Waals surface area contributed by atoms with E-state index in [9.17, 15) is 4.21 Å². The van der Waals surface area contributed by atoms with Crippen molar-refractivity contribution in [1.29, 1.82) is 0 Å². The molecule has 0 amide bonds. The third kappa shape index (κ3) is 3.30. The molecule has 2 fully saturated rings. The molecule has 3 heteroatoms. The maximum atomic E-state index is 11.3. The Labute approximate surface area is 102 Å². The van der Waals surface area contributed by atoms with E-state index in [4.69, 9.17) is 0 Å². The van der Waals surface area contributed by atoms with Crippen LogP contribution in [0.3, 0.4) is 0 Å². The van der Waals surface area contributed by atoms with Crippen LogP contribution in [0.15, 0.2) is 0 Å². The molecule has 1 N–H and O–H groups in total. The van der Waals surface area contributed by atoms with Crippen molar-refractivity contribution in [2.45, 2.75) is 58.0 Å². The first-order valence-electron chi connectivity index (χ1n) is 6.76. The van der Waals surface area contributed by atoms with Gasteiger partial charge in [0.25, 0.3) is 0 Å². The second-order valence-electron chi connectivity index (χ2n) is 5.79. The quantitative estimate of drug-likeness (QED) is 0.806. The summed E-state index contributed by atoms with van der Waals surface area (Å²) in [6, 6.07) is 1.34. The number of hydrogen-bond acceptors (Lipinski definition) is 2. The fourth-order valence-electron chi connectivity index (χ4n) is 3.03. The van der Waals surface area contributed by atoms with Gasteiger partial charge in [-0.1, -0.05) is 20.3 Å². The van der Waals surface area contributed by atoms with E-state index < -0.39 is 10.8 Å².